The van der Waals surface area contributed by atoms with E-state index in [1.807, 2.05) is 0 Å². The summed E-state index contributed by atoms with van der Waals surface area (Å²) in [5, 5.41) is 12.2. The molecule has 3 aromatic carbocycles. The molecule has 0 bridgehead atoms. The van der Waals surface area contributed by atoms with Gasteiger partial charge in [0.05, 0.1) is 22.8 Å². The first-order valence-corrected chi connectivity index (χ1v) is 12.4. The van der Waals surface area contributed by atoms with E-state index in [1.54, 1.807) is 6.07 Å². The fraction of sp³-hybridized carbons (Fsp3) is 0.222. The monoisotopic (exact) mass is 580 g/mol. The van der Waals surface area contributed by atoms with Crippen molar-refractivity contribution in [1.29, 1.82) is 0 Å². The van der Waals surface area contributed by atoms with Crippen molar-refractivity contribution >= 4 is 46.9 Å². The quantitative estimate of drug-likeness (QED) is 0.347. The molecule has 7 nitrogen and oxygen atoms in total. The molecule has 1 aliphatic rings. The van der Waals surface area contributed by atoms with Crippen LogP contribution in [0.1, 0.15) is 27.9 Å². The molecule has 204 valence electrons. The third-order valence-electron chi connectivity index (χ3n) is 6.37. The first-order valence-electron chi connectivity index (χ1n) is 11.7. The summed E-state index contributed by atoms with van der Waals surface area (Å²) in [5.74, 6) is -4.93. The molecule has 0 spiro atoms. The Morgan fingerprint density at radius 2 is 1.72 bits per heavy atom. The van der Waals surface area contributed by atoms with E-state index >= 15 is 0 Å². The minimum absolute atomic E-state index is 0.0301. The molecule has 1 unspecified atom stereocenters. The van der Waals surface area contributed by atoms with Gasteiger partial charge in [0.15, 0.2) is 0 Å². The van der Waals surface area contributed by atoms with E-state index < -0.39 is 47.0 Å². The van der Waals surface area contributed by atoms with Crippen LogP contribution in [-0.2, 0) is 22.4 Å². The zero-order valence-corrected chi connectivity index (χ0v) is 21.9. The molecule has 3 aromatic rings. The topological polar surface area (TPSA) is 95.9 Å². The van der Waals surface area contributed by atoms with E-state index in [0.29, 0.717) is 29.5 Å². The Hall–Kier alpha value is -3.76. The summed E-state index contributed by atoms with van der Waals surface area (Å²) in [5.41, 5.74) is 0.941. The van der Waals surface area contributed by atoms with E-state index in [1.165, 1.54) is 6.07 Å². The Morgan fingerprint density at radius 1 is 1.08 bits per heavy atom. The van der Waals surface area contributed by atoms with Crippen LogP contribution in [0.5, 0.6) is 0 Å². The number of hydrogen-bond acceptors (Lipinski definition) is 4. The molecule has 39 heavy (non-hydrogen) atoms. The zero-order valence-electron chi connectivity index (χ0n) is 20.4. The molecule has 2 N–H and O–H groups in total. The van der Waals surface area contributed by atoms with Gasteiger partial charge in [0.1, 0.15) is 29.1 Å². The fourth-order valence-electron chi connectivity index (χ4n) is 4.68. The third-order valence-corrected chi connectivity index (χ3v) is 6.97. The standard InChI is InChI=1S/C27H21Cl2F3N2O5/c1-39-26(36)21(33-25(35)23-19(31)5-2-6-20(23)32)10-13-7-8-16(22-17(28)11-14(30)12-18(22)29)24-15(13)4-3-9-34(24)27(37)38/h2,5-8,11-12,21H,3-4,9-10H2,1H3,(H,33,35)(H,37,38). The summed E-state index contributed by atoms with van der Waals surface area (Å²) < 4.78 is 47.0. The van der Waals surface area contributed by atoms with Crippen molar-refractivity contribution in [2.24, 2.45) is 0 Å². The molecule has 1 aliphatic heterocycles. The number of benzene rings is 3. The van der Waals surface area contributed by atoms with Crippen molar-refractivity contribution in [3.8, 4) is 11.1 Å². The number of nitrogens with one attached hydrogen (secondary N) is 1. The third kappa shape index (κ3) is 5.67. The average molecular weight is 581 g/mol. The molecule has 1 heterocycles. The van der Waals surface area contributed by atoms with E-state index in [0.717, 1.165) is 42.3 Å². The number of rotatable bonds is 6. The maximum Gasteiger partial charge on any atom is 0.411 e. The van der Waals surface area contributed by atoms with Gasteiger partial charge >= 0.3 is 12.1 Å². The van der Waals surface area contributed by atoms with Crippen molar-refractivity contribution in [2.45, 2.75) is 25.3 Å². The Labute approximate surface area is 231 Å². The number of carbonyl (C=O) groups excluding carboxylic acids is 2. The second-order valence-corrected chi connectivity index (χ2v) is 9.55. The van der Waals surface area contributed by atoms with Crippen molar-refractivity contribution < 1.29 is 37.4 Å². The second kappa shape index (κ2) is 11.5. The average Bonchev–Trinajstić information content (AvgIpc) is 2.87. The molecule has 0 fully saturated rings. The number of anilines is 1. The van der Waals surface area contributed by atoms with Crippen molar-refractivity contribution in [2.75, 3.05) is 18.6 Å². The van der Waals surface area contributed by atoms with E-state index in [9.17, 15) is 32.7 Å². The molecule has 0 aromatic heterocycles. The van der Waals surface area contributed by atoms with Crippen LogP contribution in [0.3, 0.4) is 0 Å². The van der Waals surface area contributed by atoms with Gasteiger partial charge in [-0.3, -0.25) is 9.69 Å². The van der Waals surface area contributed by atoms with Gasteiger partial charge in [-0.15, -0.1) is 0 Å². The second-order valence-electron chi connectivity index (χ2n) is 8.73. The van der Waals surface area contributed by atoms with Crippen LogP contribution in [-0.4, -0.2) is 42.8 Å². The highest BCUT2D eigenvalue weighted by Crippen LogP contribution is 2.45. The van der Waals surface area contributed by atoms with Gasteiger partial charge in [-0.1, -0.05) is 41.4 Å². The maximum absolute atomic E-state index is 14.2. The van der Waals surface area contributed by atoms with Crippen molar-refractivity contribution in [3.63, 3.8) is 0 Å². The number of halogens is 5. The van der Waals surface area contributed by atoms with E-state index in [4.69, 9.17) is 27.9 Å². The van der Waals surface area contributed by atoms with Gasteiger partial charge in [0.25, 0.3) is 5.91 Å². The number of carboxylic acid groups (broad SMARTS) is 1. The van der Waals surface area contributed by atoms with E-state index in [-0.39, 0.29) is 34.3 Å². The van der Waals surface area contributed by atoms with Crippen LogP contribution in [0.4, 0.5) is 23.7 Å². The first kappa shape index (κ1) is 28.3. The number of nitrogens with zero attached hydrogens (tertiary/aromatic N) is 1. The van der Waals surface area contributed by atoms with Crippen molar-refractivity contribution in [1.82, 2.24) is 5.32 Å². The smallest absolute Gasteiger partial charge is 0.411 e. The number of ether oxygens (including phenoxy) is 1. The Morgan fingerprint density at radius 3 is 2.31 bits per heavy atom. The summed E-state index contributed by atoms with van der Waals surface area (Å²) in [4.78, 5) is 38.6. The predicted molar refractivity (Wildman–Crippen MR) is 139 cm³/mol. The fourth-order valence-corrected chi connectivity index (χ4v) is 5.34. The van der Waals surface area contributed by atoms with Gasteiger partial charge in [0, 0.05) is 24.1 Å². The van der Waals surface area contributed by atoms with Crippen LogP contribution in [0.15, 0.2) is 42.5 Å². The van der Waals surface area contributed by atoms with Crippen LogP contribution in [0.2, 0.25) is 10.0 Å². The number of esters is 1. The number of amides is 2. The summed E-state index contributed by atoms with van der Waals surface area (Å²) in [6.07, 6.45) is -0.606. The predicted octanol–water partition coefficient (Wildman–Crippen LogP) is 6.02. The SMILES string of the molecule is COC(=O)C(Cc1ccc(-c2c(Cl)cc(F)cc2Cl)c2c1CCCN2C(=O)O)NC(=O)c1c(F)cccc1F. The van der Waals surface area contributed by atoms with Crippen LogP contribution >= 0.6 is 23.2 Å². The lowest BCUT2D eigenvalue weighted by Gasteiger charge is -2.32. The molecule has 4 rings (SSSR count). The number of methoxy groups -OCH3 is 1. The van der Waals surface area contributed by atoms with Gasteiger partial charge in [-0.25, -0.2) is 22.8 Å². The molecular formula is C27H21Cl2F3N2O5. The Kier molecular flexibility index (Phi) is 8.36. The highest BCUT2D eigenvalue weighted by Gasteiger charge is 2.32. The zero-order chi connectivity index (χ0) is 28.4. The van der Waals surface area contributed by atoms with Crippen LogP contribution in [0, 0.1) is 17.5 Å². The van der Waals surface area contributed by atoms with Gasteiger partial charge in [0.2, 0.25) is 0 Å². The van der Waals surface area contributed by atoms with Gasteiger partial charge < -0.3 is 15.2 Å². The Balaban J connectivity index is 1.80. The molecular weight excluding hydrogens is 560 g/mol. The summed E-state index contributed by atoms with van der Waals surface area (Å²) in [6, 6.07) is 6.80. The molecule has 0 aliphatic carbocycles. The largest absolute Gasteiger partial charge is 0.467 e. The molecule has 2 amide bonds. The summed E-state index contributed by atoms with van der Waals surface area (Å²) in [6.45, 7) is 0.152. The van der Waals surface area contributed by atoms with Crippen molar-refractivity contribution in [3.05, 3.63) is 86.7 Å². The minimum atomic E-state index is -1.37. The molecule has 0 radical (unpaired) electrons. The van der Waals surface area contributed by atoms with E-state index in [2.05, 4.69) is 5.32 Å². The normalized spacial score (nSPS) is 13.4. The molecule has 12 heteroatoms. The lowest BCUT2D eigenvalue weighted by molar-refractivity contribution is -0.142. The first-order chi connectivity index (χ1) is 18.5. The molecule has 1 atom stereocenters. The summed E-state index contributed by atoms with van der Waals surface area (Å²) >= 11 is 12.6. The number of carbonyl (C=O) groups is 3. The van der Waals surface area contributed by atoms with Gasteiger partial charge in [-0.05, 0) is 48.2 Å². The maximum atomic E-state index is 14.2. The molecule has 0 saturated carbocycles. The van der Waals surface area contributed by atoms with Gasteiger partial charge in [-0.2, -0.15) is 0 Å². The summed E-state index contributed by atoms with van der Waals surface area (Å²) in [7, 11) is 1.09. The van der Waals surface area contributed by atoms with Crippen LogP contribution in [0.25, 0.3) is 11.1 Å². The minimum Gasteiger partial charge on any atom is -0.467 e. The number of hydrogen-bond donors (Lipinski definition) is 2. The highest BCUT2D eigenvalue weighted by atomic mass is 35.5. The lowest BCUT2D eigenvalue weighted by Crippen LogP contribution is -2.44. The van der Waals surface area contributed by atoms with Crippen LogP contribution < -0.4 is 10.2 Å². The number of fused-ring (bicyclic) bond motifs is 1. The molecule has 0 saturated heterocycles. The highest BCUT2D eigenvalue weighted by molar-refractivity contribution is 6.39. The Bertz CT molecular complexity index is 1440. The lowest BCUT2D eigenvalue weighted by atomic mass is 9.87.